The molecule has 0 radical (unpaired) electrons. The average molecular weight is 240 g/mol. The van der Waals surface area contributed by atoms with Crippen LogP contribution in [-0.2, 0) is 9.59 Å². The minimum atomic E-state index is -0.548. The molecule has 0 bridgehead atoms. The van der Waals surface area contributed by atoms with Crippen LogP contribution in [0.4, 0.5) is 0 Å². The number of carbonyl (C=O) groups excluding carboxylic acids is 2. The molecule has 1 heterocycles. The van der Waals surface area contributed by atoms with Gasteiger partial charge in [-0.05, 0) is 32.6 Å². The SMILES string of the molecule is C[C@H](O)CNC(=O)C1CCCN1C(=O)C1CC1. The standard InChI is InChI=1S/C12H20N2O3/c1-8(15)7-13-11(16)10-3-2-6-14(10)12(17)9-4-5-9/h8-10,15H,2-7H2,1H3,(H,13,16)/t8-,10?/m0/s1. The van der Waals surface area contributed by atoms with Crippen LogP contribution in [0.25, 0.3) is 0 Å². The summed E-state index contributed by atoms with van der Waals surface area (Å²) >= 11 is 0. The highest BCUT2D eigenvalue weighted by Crippen LogP contribution is 2.33. The maximum absolute atomic E-state index is 12.0. The van der Waals surface area contributed by atoms with Gasteiger partial charge in [0.05, 0.1) is 6.10 Å². The van der Waals surface area contributed by atoms with Crippen molar-refractivity contribution in [3.8, 4) is 0 Å². The average Bonchev–Trinajstić information content (AvgIpc) is 3.02. The predicted octanol–water partition coefficient (Wildman–Crippen LogP) is -0.116. The van der Waals surface area contributed by atoms with Gasteiger partial charge in [0.15, 0.2) is 0 Å². The Bertz CT molecular complexity index is 313. The molecule has 2 amide bonds. The van der Waals surface area contributed by atoms with Gasteiger partial charge in [-0.1, -0.05) is 0 Å². The molecule has 1 aliphatic carbocycles. The molecule has 0 aromatic carbocycles. The lowest BCUT2D eigenvalue weighted by Gasteiger charge is -2.24. The Morgan fingerprint density at radius 2 is 2.12 bits per heavy atom. The second-order valence-corrected chi connectivity index (χ2v) is 5.06. The van der Waals surface area contributed by atoms with Crippen LogP contribution in [0, 0.1) is 5.92 Å². The number of aliphatic hydroxyl groups excluding tert-OH is 1. The van der Waals surface area contributed by atoms with Crippen LogP contribution in [0.3, 0.4) is 0 Å². The number of amides is 2. The van der Waals surface area contributed by atoms with Crippen LogP contribution in [0.5, 0.6) is 0 Å². The molecular formula is C12H20N2O3. The normalized spacial score (nSPS) is 25.8. The molecule has 0 aromatic rings. The van der Waals surface area contributed by atoms with Crippen molar-refractivity contribution in [2.45, 2.75) is 44.8 Å². The van der Waals surface area contributed by atoms with Crippen LogP contribution in [-0.4, -0.2) is 47.1 Å². The molecule has 5 nitrogen and oxygen atoms in total. The van der Waals surface area contributed by atoms with E-state index >= 15 is 0 Å². The lowest BCUT2D eigenvalue weighted by Crippen LogP contribution is -2.47. The molecule has 1 saturated carbocycles. The third-order valence-corrected chi connectivity index (χ3v) is 3.34. The summed E-state index contributed by atoms with van der Waals surface area (Å²) in [6, 6.07) is -0.318. The fourth-order valence-corrected chi connectivity index (χ4v) is 2.23. The number of hydrogen-bond donors (Lipinski definition) is 2. The number of likely N-dealkylation sites (tertiary alicyclic amines) is 1. The number of nitrogens with zero attached hydrogens (tertiary/aromatic N) is 1. The van der Waals surface area contributed by atoms with E-state index in [2.05, 4.69) is 5.32 Å². The van der Waals surface area contributed by atoms with Gasteiger partial charge in [-0.15, -0.1) is 0 Å². The molecule has 2 fully saturated rings. The Hall–Kier alpha value is -1.10. The summed E-state index contributed by atoms with van der Waals surface area (Å²) in [4.78, 5) is 25.6. The van der Waals surface area contributed by atoms with Gasteiger partial charge in [0.25, 0.3) is 0 Å². The zero-order valence-corrected chi connectivity index (χ0v) is 10.2. The first-order valence-corrected chi connectivity index (χ1v) is 6.36. The van der Waals surface area contributed by atoms with E-state index in [1.807, 2.05) is 0 Å². The molecule has 2 atom stereocenters. The molecule has 2 rings (SSSR count). The number of aliphatic hydroxyl groups is 1. The van der Waals surface area contributed by atoms with Crippen LogP contribution < -0.4 is 5.32 Å². The fourth-order valence-electron chi connectivity index (χ4n) is 2.23. The predicted molar refractivity (Wildman–Crippen MR) is 62.1 cm³/mol. The van der Waals surface area contributed by atoms with Crippen LogP contribution in [0.1, 0.15) is 32.6 Å². The van der Waals surface area contributed by atoms with E-state index in [4.69, 9.17) is 5.11 Å². The number of rotatable bonds is 4. The molecule has 2 N–H and O–H groups in total. The van der Waals surface area contributed by atoms with Crippen LogP contribution in [0.15, 0.2) is 0 Å². The lowest BCUT2D eigenvalue weighted by atomic mass is 10.2. The summed E-state index contributed by atoms with van der Waals surface area (Å²) < 4.78 is 0. The van der Waals surface area contributed by atoms with Gasteiger partial charge < -0.3 is 15.3 Å². The molecule has 17 heavy (non-hydrogen) atoms. The van der Waals surface area contributed by atoms with Crippen molar-refractivity contribution in [1.82, 2.24) is 10.2 Å². The largest absolute Gasteiger partial charge is 0.392 e. The highest BCUT2D eigenvalue weighted by Gasteiger charge is 2.40. The van der Waals surface area contributed by atoms with Gasteiger partial charge >= 0.3 is 0 Å². The van der Waals surface area contributed by atoms with E-state index in [0.717, 1.165) is 25.7 Å². The summed E-state index contributed by atoms with van der Waals surface area (Å²) in [6.45, 7) is 2.57. The van der Waals surface area contributed by atoms with Crippen LogP contribution in [0.2, 0.25) is 0 Å². The van der Waals surface area contributed by atoms with E-state index in [9.17, 15) is 9.59 Å². The molecule has 0 spiro atoms. The Kier molecular flexibility index (Phi) is 3.66. The molecular weight excluding hydrogens is 220 g/mol. The van der Waals surface area contributed by atoms with Gasteiger partial charge in [-0.3, -0.25) is 9.59 Å². The topological polar surface area (TPSA) is 69.6 Å². The van der Waals surface area contributed by atoms with E-state index < -0.39 is 6.10 Å². The van der Waals surface area contributed by atoms with Gasteiger partial charge in [-0.2, -0.15) is 0 Å². The molecule has 5 heteroatoms. The highest BCUT2D eigenvalue weighted by molar-refractivity contribution is 5.89. The number of carbonyl (C=O) groups is 2. The minimum Gasteiger partial charge on any atom is -0.392 e. The number of hydrogen-bond acceptors (Lipinski definition) is 3. The van der Waals surface area contributed by atoms with Gasteiger partial charge in [0.1, 0.15) is 6.04 Å². The summed E-state index contributed by atoms with van der Waals surface area (Å²) in [5.74, 6) is 0.178. The molecule has 96 valence electrons. The molecule has 1 unspecified atom stereocenters. The molecule has 2 aliphatic rings. The van der Waals surface area contributed by atoms with Gasteiger partial charge in [-0.25, -0.2) is 0 Å². The first kappa shape index (κ1) is 12.4. The molecule has 0 aromatic heterocycles. The first-order chi connectivity index (χ1) is 8.09. The Labute approximate surface area is 101 Å². The van der Waals surface area contributed by atoms with Gasteiger partial charge in [0, 0.05) is 19.0 Å². The summed E-state index contributed by atoms with van der Waals surface area (Å²) in [5.41, 5.74) is 0. The maximum atomic E-state index is 12.0. The first-order valence-electron chi connectivity index (χ1n) is 6.36. The monoisotopic (exact) mass is 240 g/mol. The summed E-state index contributed by atoms with van der Waals surface area (Å²) in [5, 5.41) is 11.8. The van der Waals surface area contributed by atoms with Crippen molar-refractivity contribution in [3.05, 3.63) is 0 Å². The van der Waals surface area contributed by atoms with E-state index in [0.29, 0.717) is 6.54 Å². The zero-order chi connectivity index (χ0) is 12.4. The lowest BCUT2D eigenvalue weighted by molar-refractivity contribution is -0.139. The number of nitrogens with one attached hydrogen (secondary N) is 1. The van der Waals surface area contributed by atoms with E-state index in [1.54, 1.807) is 11.8 Å². The Balaban J connectivity index is 1.89. The molecule has 1 aliphatic heterocycles. The minimum absolute atomic E-state index is 0.127. The Morgan fingerprint density at radius 1 is 1.41 bits per heavy atom. The van der Waals surface area contributed by atoms with Crippen LogP contribution >= 0.6 is 0 Å². The second kappa shape index (κ2) is 5.04. The van der Waals surface area contributed by atoms with Crippen molar-refractivity contribution >= 4 is 11.8 Å². The summed E-state index contributed by atoms with van der Waals surface area (Å²) in [7, 11) is 0. The second-order valence-electron chi connectivity index (χ2n) is 5.06. The van der Waals surface area contributed by atoms with Gasteiger partial charge in [0.2, 0.25) is 11.8 Å². The van der Waals surface area contributed by atoms with Crippen molar-refractivity contribution in [3.63, 3.8) is 0 Å². The van der Waals surface area contributed by atoms with E-state index in [1.165, 1.54) is 0 Å². The van der Waals surface area contributed by atoms with Crippen molar-refractivity contribution in [2.24, 2.45) is 5.92 Å². The maximum Gasteiger partial charge on any atom is 0.242 e. The fraction of sp³-hybridized carbons (Fsp3) is 0.833. The van der Waals surface area contributed by atoms with E-state index in [-0.39, 0.29) is 30.3 Å². The summed E-state index contributed by atoms with van der Waals surface area (Å²) in [6.07, 6.45) is 3.03. The van der Waals surface area contributed by atoms with Crippen molar-refractivity contribution in [1.29, 1.82) is 0 Å². The zero-order valence-electron chi connectivity index (χ0n) is 10.2. The quantitative estimate of drug-likeness (QED) is 0.720. The smallest absolute Gasteiger partial charge is 0.242 e. The third kappa shape index (κ3) is 2.97. The van der Waals surface area contributed by atoms with Crippen molar-refractivity contribution < 1.29 is 14.7 Å². The Morgan fingerprint density at radius 3 is 2.71 bits per heavy atom. The third-order valence-electron chi connectivity index (χ3n) is 3.34. The molecule has 1 saturated heterocycles. The highest BCUT2D eigenvalue weighted by atomic mass is 16.3. The van der Waals surface area contributed by atoms with Crippen molar-refractivity contribution in [2.75, 3.05) is 13.1 Å².